The van der Waals surface area contributed by atoms with Crippen molar-refractivity contribution >= 4 is 24.5 Å². The molecule has 0 saturated carbocycles. The second kappa shape index (κ2) is 5.96. The van der Waals surface area contributed by atoms with Crippen LogP contribution in [0.3, 0.4) is 0 Å². The van der Waals surface area contributed by atoms with Crippen LogP contribution in [0.15, 0.2) is 24.3 Å². The zero-order valence-corrected chi connectivity index (χ0v) is 10.3. The average molecular weight is 293 g/mol. The summed E-state index contributed by atoms with van der Waals surface area (Å²) in [6.45, 7) is 0. The second-order valence-corrected chi connectivity index (χ2v) is 3.96. The molecule has 0 aliphatic carbocycles. The zero-order chi connectivity index (χ0) is 14.6. The van der Waals surface area contributed by atoms with Crippen LogP contribution in [0, 0.1) is 0 Å². The fourth-order valence-corrected chi connectivity index (χ4v) is 1.60. The van der Waals surface area contributed by atoms with Gasteiger partial charge in [0.1, 0.15) is 6.04 Å². The Labute approximate surface area is 112 Å². The monoisotopic (exact) mass is 293 g/mol. The SMILES string of the molecule is O=C(NC(CS)C(=O)O)c1ccccc1C(F)(F)F. The number of hydrogen-bond donors (Lipinski definition) is 3. The summed E-state index contributed by atoms with van der Waals surface area (Å²) in [6, 6.07) is 2.80. The van der Waals surface area contributed by atoms with E-state index >= 15 is 0 Å². The molecule has 1 aromatic rings. The van der Waals surface area contributed by atoms with E-state index in [0.717, 1.165) is 18.2 Å². The molecule has 0 radical (unpaired) electrons. The maximum absolute atomic E-state index is 12.7. The second-order valence-electron chi connectivity index (χ2n) is 3.59. The normalized spacial score (nSPS) is 12.8. The van der Waals surface area contributed by atoms with E-state index in [-0.39, 0.29) is 5.75 Å². The molecule has 2 N–H and O–H groups in total. The molecule has 104 valence electrons. The number of hydrogen-bond acceptors (Lipinski definition) is 3. The number of carboxylic acid groups (broad SMARTS) is 1. The van der Waals surface area contributed by atoms with Crippen LogP contribution >= 0.6 is 12.6 Å². The minimum atomic E-state index is -4.69. The van der Waals surface area contributed by atoms with Gasteiger partial charge < -0.3 is 10.4 Å². The molecule has 19 heavy (non-hydrogen) atoms. The van der Waals surface area contributed by atoms with Crippen LogP contribution < -0.4 is 5.32 Å². The first-order valence-corrected chi connectivity index (χ1v) is 5.71. The Kier molecular flexibility index (Phi) is 4.82. The Morgan fingerprint density at radius 2 is 1.89 bits per heavy atom. The largest absolute Gasteiger partial charge is 0.480 e. The first-order chi connectivity index (χ1) is 8.77. The van der Waals surface area contributed by atoms with E-state index in [4.69, 9.17) is 5.11 Å². The lowest BCUT2D eigenvalue weighted by molar-refractivity contribution is -0.138. The lowest BCUT2D eigenvalue weighted by atomic mass is 10.1. The molecule has 1 atom stereocenters. The van der Waals surface area contributed by atoms with Gasteiger partial charge in [-0.3, -0.25) is 4.79 Å². The number of carbonyl (C=O) groups is 2. The Bertz CT molecular complexity index is 490. The quantitative estimate of drug-likeness (QED) is 0.742. The number of rotatable bonds is 4. The van der Waals surface area contributed by atoms with Gasteiger partial charge in [-0.2, -0.15) is 25.8 Å². The van der Waals surface area contributed by atoms with Crippen molar-refractivity contribution in [3.63, 3.8) is 0 Å². The molecule has 0 saturated heterocycles. The summed E-state index contributed by atoms with van der Waals surface area (Å²) >= 11 is 3.71. The molecule has 0 bridgehead atoms. The first-order valence-electron chi connectivity index (χ1n) is 5.08. The van der Waals surface area contributed by atoms with Crippen molar-refractivity contribution in [2.75, 3.05) is 5.75 Å². The Hall–Kier alpha value is -1.70. The standard InChI is InChI=1S/C11H10F3NO3S/c12-11(13,14)7-4-2-1-3-6(7)9(16)15-8(5-19)10(17)18/h1-4,8,19H,5H2,(H,15,16)(H,17,18). The van der Waals surface area contributed by atoms with Gasteiger partial charge in [0, 0.05) is 5.75 Å². The van der Waals surface area contributed by atoms with Crippen molar-refractivity contribution in [3.05, 3.63) is 35.4 Å². The van der Waals surface area contributed by atoms with E-state index in [1.807, 2.05) is 5.32 Å². The minimum absolute atomic E-state index is 0.227. The van der Waals surface area contributed by atoms with Crippen LogP contribution in [0.25, 0.3) is 0 Å². The number of benzene rings is 1. The number of thiol groups is 1. The Balaban J connectivity index is 3.04. The van der Waals surface area contributed by atoms with Crippen LogP contribution in [0.1, 0.15) is 15.9 Å². The van der Waals surface area contributed by atoms with Crippen molar-refractivity contribution in [3.8, 4) is 0 Å². The van der Waals surface area contributed by atoms with E-state index in [1.165, 1.54) is 6.07 Å². The molecule has 0 aliphatic rings. The van der Waals surface area contributed by atoms with Crippen LogP contribution in [0.2, 0.25) is 0 Å². The fourth-order valence-electron chi connectivity index (χ4n) is 1.35. The average Bonchev–Trinajstić information content (AvgIpc) is 2.34. The van der Waals surface area contributed by atoms with Crippen molar-refractivity contribution in [1.82, 2.24) is 5.32 Å². The molecule has 0 fully saturated rings. The summed E-state index contributed by atoms with van der Waals surface area (Å²) in [5.41, 5.74) is -1.74. The molecule has 8 heteroatoms. The summed E-state index contributed by atoms with van der Waals surface area (Å²) in [7, 11) is 0. The van der Waals surface area contributed by atoms with Gasteiger partial charge in [-0.05, 0) is 12.1 Å². The number of halogens is 3. The maximum atomic E-state index is 12.7. The summed E-state index contributed by atoms with van der Waals surface area (Å²) in [4.78, 5) is 22.4. The predicted octanol–water partition coefficient (Wildman–Crippen LogP) is 1.82. The van der Waals surface area contributed by atoms with Gasteiger partial charge in [0.05, 0.1) is 11.1 Å². The minimum Gasteiger partial charge on any atom is -0.480 e. The number of carbonyl (C=O) groups excluding carboxylic acids is 1. The van der Waals surface area contributed by atoms with Gasteiger partial charge >= 0.3 is 12.1 Å². The van der Waals surface area contributed by atoms with E-state index in [0.29, 0.717) is 0 Å². The van der Waals surface area contributed by atoms with Gasteiger partial charge in [0.15, 0.2) is 0 Å². The zero-order valence-electron chi connectivity index (χ0n) is 9.44. The first kappa shape index (κ1) is 15.4. The lowest BCUT2D eigenvalue weighted by Crippen LogP contribution is -2.42. The van der Waals surface area contributed by atoms with Gasteiger partial charge in [0.2, 0.25) is 0 Å². The van der Waals surface area contributed by atoms with E-state index in [2.05, 4.69) is 12.6 Å². The summed E-state index contributed by atoms with van der Waals surface area (Å²) in [5, 5.41) is 10.7. The lowest BCUT2D eigenvalue weighted by Gasteiger charge is -2.15. The molecular formula is C11H10F3NO3S. The summed E-state index contributed by atoms with van der Waals surface area (Å²) in [5.74, 6) is -2.70. The van der Waals surface area contributed by atoms with Gasteiger partial charge in [0.25, 0.3) is 5.91 Å². The fraction of sp³-hybridized carbons (Fsp3) is 0.273. The third kappa shape index (κ3) is 3.88. The van der Waals surface area contributed by atoms with Crippen LogP contribution in [-0.2, 0) is 11.0 Å². The molecule has 1 rings (SSSR count). The molecule has 0 spiro atoms. The molecule has 0 aliphatic heterocycles. The number of alkyl halides is 3. The maximum Gasteiger partial charge on any atom is 0.417 e. The third-order valence-electron chi connectivity index (χ3n) is 2.26. The van der Waals surface area contributed by atoms with E-state index < -0.39 is 35.2 Å². The number of carboxylic acids is 1. The molecule has 1 unspecified atom stereocenters. The van der Waals surface area contributed by atoms with Gasteiger partial charge in [-0.25, -0.2) is 4.79 Å². The molecule has 0 aromatic heterocycles. The summed E-state index contributed by atoms with van der Waals surface area (Å²) < 4.78 is 38.0. The van der Waals surface area contributed by atoms with E-state index in [1.54, 1.807) is 0 Å². The smallest absolute Gasteiger partial charge is 0.417 e. The molecule has 1 aromatic carbocycles. The van der Waals surface area contributed by atoms with Gasteiger partial charge in [-0.15, -0.1) is 0 Å². The highest BCUT2D eigenvalue weighted by molar-refractivity contribution is 7.80. The van der Waals surface area contributed by atoms with Gasteiger partial charge in [-0.1, -0.05) is 12.1 Å². The predicted molar refractivity (Wildman–Crippen MR) is 64.2 cm³/mol. The van der Waals surface area contributed by atoms with Crippen molar-refractivity contribution in [1.29, 1.82) is 0 Å². The Morgan fingerprint density at radius 1 is 1.32 bits per heavy atom. The number of amides is 1. The number of aliphatic carboxylic acids is 1. The Morgan fingerprint density at radius 3 is 2.37 bits per heavy atom. The molecule has 1 amide bonds. The van der Waals surface area contributed by atoms with Crippen molar-refractivity contribution < 1.29 is 27.9 Å². The van der Waals surface area contributed by atoms with Crippen molar-refractivity contribution in [2.45, 2.75) is 12.2 Å². The van der Waals surface area contributed by atoms with Crippen LogP contribution in [-0.4, -0.2) is 28.8 Å². The van der Waals surface area contributed by atoms with Crippen LogP contribution in [0.5, 0.6) is 0 Å². The highest BCUT2D eigenvalue weighted by Crippen LogP contribution is 2.31. The third-order valence-corrected chi connectivity index (χ3v) is 2.63. The number of nitrogens with one attached hydrogen (secondary N) is 1. The highest BCUT2D eigenvalue weighted by Gasteiger charge is 2.35. The molecular weight excluding hydrogens is 283 g/mol. The summed E-state index contributed by atoms with van der Waals surface area (Å²) in [6.07, 6.45) is -4.69. The highest BCUT2D eigenvalue weighted by atomic mass is 32.1. The topological polar surface area (TPSA) is 66.4 Å². The molecule has 4 nitrogen and oxygen atoms in total. The molecule has 0 heterocycles. The van der Waals surface area contributed by atoms with Crippen LogP contribution in [0.4, 0.5) is 13.2 Å². The van der Waals surface area contributed by atoms with E-state index in [9.17, 15) is 22.8 Å². The van der Waals surface area contributed by atoms with Crippen molar-refractivity contribution in [2.24, 2.45) is 0 Å².